The molecule has 2 aliphatic heterocycles. The maximum Gasteiger partial charge on any atom is 0.305 e. The molecule has 1 aromatic carbocycles. The second-order valence-electron chi connectivity index (χ2n) is 7.94. The molecule has 5 nitrogen and oxygen atoms in total. The minimum atomic E-state index is -0.260. The van der Waals surface area contributed by atoms with Crippen LogP contribution < -0.4 is 0 Å². The van der Waals surface area contributed by atoms with Gasteiger partial charge >= 0.3 is 5.97 Å². The van der Waals surface area contributed by atoms with Crippen molar-refractivity contribution in [1.82, 2.24) is 9.80 Å². The molecule has 2 saturated heterocycles. The first kappa shape index (κ1) is 19.8. The highest BCUT2D eigenvalue weighted by Crippen LogP contribution is 2.39. The van der Waals surface area contributed by atoms with Gasteiger partial charge in [0.15, 0.2) is 0 Å². The molecule has 1 atom stereocenters. The Balaban J connectivity index is 1.50. The summed E-state index contributed by atoms with van der Waals surface area (Å²) in [5, 5.41) is 0. The van der Waals surface area contributed by atoms with E-state index in [1.54, 1.807) is 0 Å². The van der Waals surface area contributed by atoms with Crippen LogP contribution in [0.25, 0.3) is 0 Å². The van der Waals surface area contributed by atoms with Crippen LogP contribution in [0.1, 0.15) is 44.1 Å². The molecule has 6 heteroatoms. The zero-order valence-corrected chi connectivity index (χ0v) is 16.1. The molecule has 2 heterocycles. The molecule has 1 unspecified atom stereocenters. The number of nitrogens with zero attached hydrogens (tertiary/aromatic N) is 2. The number of hydrogen-bond donors (Lipinski definition) is 0. The highest BCUT2D eigenvalue weighted by atomic mass is 19.1. The molecule has 2 fully saturated rings. The maximum absolute atomic E-state index is 13.1. The average molecular weight is 376 g/mol. The van der Waals surface area contributed by atoms with Gasteiger partial charge in [-0.2, -0.15) is 0 Å². The Bertz CT molecular complexity index is 664. The lowest BCUT2D eigenvalue weighted by molar-refractivity contribution is -0.140. The number of amides is 1. The summed E-state index contributed by atoms with van der Waals surface area (Å²) >= 11 is 0. The molecule has 148 valence electrons. The van der Waals surface area contributed by atoms with Crippen molar-refractivity contribution < 1.29 is 18.7 Å². The van der Waals surface area contributed by atoms with Crippen molar-refractivity contribution in [2.45, 2.75) is 45.1 Å². The van der Waals surface area contributed by atoms with Crippen LogP contribution in [0.3, 0.4) is 0 Å². The van der Waals surface area contributed by atoms with E-state index in [1.165, 1.54) is 19.2 Å². The fourth-order valence-corrected chi connectivity index (χ4v) is 4.42. The van der Waals surface area contributed by atoms with E-state index in [2.05, 4.69) is 9.64 Å². The third-order valence-corrected chi connectivity index (χ3v) is 5.85. The number of piperidine rings is 1. The first-order chi connectivity index (χ1) is 13.0. The number of carbonyl (C=O) groups excluding carboxylic acids is 2. The Kier molecular flexibility index (Phi) is 6.47. The fraction of sp³-hybridized carbons (Fsp3) is 0.619. The molecular formula is C21H29FN2O3. The summed E-state index contributed by atoms with van der Waals surface area (Å²) < 4.78 is 17.7. The van der Waals surface area contributed by atoms with Gasteiger partial charge < -0.3 is 9.64 Å². The molecule has 1 aromatic rings. The van der Waals surface area contributed by atoms with Gasteiger partial charge in [-0.1, -0.05) is 12.1 Å². The Hall–Kier alpha value is -1.95. The van der Waals surface area contributed by atoms with Crippen LogP contribution in [0.4, 0.5) is 4.39 Å². The van der Waals surface area contributed by atoms with Gasteiger partial charge in [-0.3, -0.25) is 14.5 Å². The van der Waals surface area contributed by atoms with E-state index < -0.39 is 0 Å². The van der Waals surface area contributed by atoms with Crippen molar-refractivity contribution in [3.63, 3.8) is 0 Å². The van der Waals surface area contributed by atoms with Crippen LogP contribution in [0.5, 0.6) is 0 Å². The minimum Gasteiger partial charge on any atom is -0.469 e. The fourth-order valence-electron chi connectivity index (χ4n) is 4.42. The molecule has 0 saturated carbocycles. The van der Waals surface area contributed by atoms with E-state index in [9.17, 15) is 14.0 Å². The van der Waals surface area contributed by atoms with Gasteiger partial charge in [0.2, 0.25) is 5.91 Å². The number of ether oxygens (including phenoxy) is 1. The topological polar surface area (TPSA) is 49.9 Å². The molecule has 27 heavy (non-hydrogen) atoms. The zero-order chi connectivity index (χ0) is 19.3. The van der Waals surface area contributed by atoms with Gasteiger partial charge in [-0.25, -0.2) is 4.39 Å². The normalized spacial score (nSPS) is 23.0. The number of likely N-dealkylation sites (tertiary alicyclic amines) is 2. The average Bonchev–Trinajstić information content (AvgIpc) is 3.06. The smallest absolute Gasteiger partial charge is 0.305 e. The van der Waals surface area contributed by atoms with E-state index in [-0.39, 0.29) is 23.1 Å². The number of methoxy groups -OCH3 is 1. The summed E-state index contributed by atoms with van der Waals surface area (Å²) in [4.78, 5) is 28.1. The van der Waals surface area contributed by atoms with Crippen molar-refractivity contribution in [1.29, 1.82) is 0 Å². The quantitative estimate of drug-likeness (QED) is 0.716. The Morgan fingerprint density at radius 2 is 1.89 bits per heavy atom. The van der Waals surface area contributed by atoms with Crippen molar-refractivity contribution in [2.75, 3.05) is 33.3 Å². The second kappa shape index (κ2) is 8.83. The van der Waals surface area contributed by atoms with Crippen LogP contribution in [0.2, 0.25) is 0 Å². The third kappa shape index (κ3) is 5.28. The molecular weight excluding hydrogens is 347 g/mol. The summed E-state index contributed by atoms with van der Waals surface area (Å²) in [6.45, 7) is 4.48. The van der Waals surface area contributed by atoms with E-state index in [0.717, 1.165) is 57.5 Å². The third-order valence-electron chi connectivity index (χ3n) is 5.85. The summed E-state index contributed by atoms with van der Waals surface area (Å²) in [5.41, 5.74) is 1.30. The van der Waals surface area contributed by atoms with Gasteiger partial charge in [0.1, 0.15) is 5.82 Å². The van der Waals surface area contributed by atoms with Crippen molar-refractivity contribution >= 4 is 11.9 Å². The van der Waals surface area contributed by atoms with Crippen LogP contribution in [-0.4, -0.2) is 55.0 Å². The number of hydrogen-bond acceptors (Lipinski definition) is 4. The summed E-state index contributed by atoms with van der Waals surface area (Å²) in [7, 11) is 1.37. The molecule has 0 bridgehead atoms. The lowest BCUT2D eigenvalue weighted by atomic mass is 9.79. The molecule has 0 radical (unpaired) electrons. The molecule has 0 aliphatic carbocycles. The molecule has 1 amide bonds. The molecule has 2 aliphatic rings. The van der Waals surface area contributed by atoms with Gasteiger partial charge in [-0.05, 0) is 49.9 Å². The van der Waals surface area contributed by atoms with Crippen LogP contribution in [-0.2, 0) is 20.9 Å². The van der Waals surface area contributed by atoms with Gasteiger partial charge in [-0.15, -0.1) is 0 Å². The first-order valence-corrected chi connectivity index (χ1v) is 9.81. The number of carbonyl (C=O) groups is 2. The Morgan fingerprint density at radius 1 is 1.11 bits per heavy atom. The van der Waals surface area contributed by atoms with Gasteiger partial charge in [0.05, 0.1) is 7.11 Å². The van der Waals surface area contributed by atoms with Gasteiger partial charge in [0.25, 0.3) is 0 Å². The number of esters is 1. The Labute approximate surface area is 160 Å². The highest BCUT2D eigenvalue weighted by molar-refractivity contribution is 5.77. The Morgan fingerprint density at radius 3 is 2.63 bits per heavy atom. The molecule has 0 aromatic heterocycles. The van der Waals surface area contributed by atoms with Crippen molar-refractivity contribution in [2.24, 2.45) is 5.41 Å². The van der Waals surface area contributed by atoms with Crippen LogP contribution >= 0.6 is 0 Å². The molecule has 0 N–H and O–H groups in total. The van der Waals surface area contributed by atoms with Crippen LogP contribution in [0, 0.1) is 11.2 Å². The van der Waals surface area contributed by atoms with Crippen molar-refractivity contribution in [3.05, 3.63) is 35.6 Å². The van der Waals surface area contributed by atoms with Crippen molar-refractivity contribution in [3.8, 4) is 0 Å². The highest BCUT2D eigenvalue weighted by Gasteiger charge is 2.42. The largest absolute Gasteiger partial charge is 0.469 e. The standard InChI is InChI=1S/C21H29FN2O3/c1-27-20(26)5-2-4-19(25)24-13-11-21(16-24)10-3-12-23(15-21)14-17-6-8-18(22)9-7-17/h6-9H,2-5,10-16H2,1H3. The molecule has 3 rings (SSSR count). The maximum atomic E-state index is 13.1. The van der Waals surface area contributed by atoms with E-state index in [4.69, 9.17) is 0 Å². The lowest BCUT2D eigenvalue weighted by Crippen LogP contribution is -2.45. The number of halogens is 1. The SMILES string of the molecule is COC(=O)CCCC(=O)N1CCC2(CCCN(Cc3ccc(F)cc3)C2)C1. The first-order valence-electron chi connectivity index (χ1n) is 9.81. The minimum absolute atomic E-state index is 0.145. The predicted molar refractivity (Wildman–Crippen MR) is 100 cm³/mol. The number of benzene rings is 1. The summed E-state index contributed by atoms with van der Waals surface area (Å²) in [6, 6.07) is 6.73. The monoisotopic (exact) mass is 376 g/mol. The lowest BCUT2D eigenvalue weighted by Gasteiger charge is -2.40. The zero-order valence-electron chi connectivity index (χ0n) is 16.1. The summed E-state index contributed by atoms with van der Waals surface area (Å²) in [5.74, 6) is -0.318. The van der Waals surface area contributed by atoms with E-state index >= 15 is 0 Å². The second-order valence-corrected chi connectivity index (χ2v) is 7.94. The molecule has 1 spiro atoms. The van der Waals surface area contributed by atoms with Crippen LogP contribution in [0.15, 0.2) is 24.3 Å². The number of rotatable bonds is 6. The predicted octanol–water partition coefficient (Wildman–Crippen LogP) is 2.98. The van der Waals surface area contributed by atoms with E-state index in [0.29, 0.717) is 19.3 Å². The van der Waals surface area contributed by atoms with E-state index in [1.807, 2.05) is 17.0 Å². The summed E-state index contributed by atoms with van der Waals surface area (Å²) in [6.07, 6.45) is 4.57. The van der Waals surface area contributed by atoms with Gasteiger partial charge in [0, 0.05) is 44.4 Å².